The highest BCUT2D eigenvalue weighted by atomic mass is 32.1. The van der Waals surface area contributed by atoms with E-state index in [2.05, 4.69) is 20.8 Å². The number of pyridine rings is 1. The van der Waals surface area contributed by atoms with Gasteiger partial charge in [0.2, 0.25) is 5.91 Å². The molecule has 2 aliphatic heterocycles. The molecule has 1 atom stereocenters. The Labute approximate surface area is 198 Å². The topological polar surface area (TPSA) is 99.7 Å². The van der Waals surface area contributed by atoms with Crippen LogP contribution in [0.5, 0.6) is 0 Å². The predicted molar refractivity (Wildman–Crippen MR) is 120 cm³/mol. The third kappa shape index (κ3) is 5.41. The van der Waals surface area contributed by atoms with E-state index < -0.39 is 29.5 Å². The number of thiazole rings is 1. The summed E-state index contributed by atoms with van der Waals surface area (Å²) in [5.74, 6) is -1.73. The number of carbonyl (C=O) groups is 2. The number of nitrogens with zero attached hydrogens (tertiary/aromatic N) is 4. The van der Waals surface area contributed by atoms with Gasteiger partial charge in [-0.25, -0.2) is 9.97 Å². The van der Waals surface area contributed by atoms with Crippen molar-refractivity contribution in [3.63, 3.8) is 0 Å². The predicted octanol–water partition coefficient (Wildman–Crippen LogP) is 2.38. The minimum absolute atomic E-state index is 0.0720. The maximum atomic E-state index is 13.4. The van der Waals surface area contributed by atoms with Crippen LogP contribution in [-0.4, -0.2) is 61.2 Å². The lowest BCUT2D eigenvalue weighted by molar-refractivity contribution is -0.137. The third-order valence-corrected chi connectivity index (χ3v) is 6.97. The number of hydrazine groups is 1. The minimum atomic E-state index is -4.54. The van der Waals surface area contributed by atoms with Crippen LogP contribution in [0.25, 0.3) is 0 Å². The number of piperidine rings is 1. The minimum Gasteiger partial charge on any atom is -0.378 e. The van der Waals surface area contributed by atoms with Gasteiger partial charge in [-0.15, -0.1) is 0 Å². The van der Waals surface area contributed by atoms with Crippen LogP contribution in [0.2, 0.25) is 0 Å². The van der Waals surface area contributed by atoms with Gasteiger partial charge in [-0.1, -0.05) is 11.3 Å². The average molecular weight is 499 g/mol. The highest BCUT2D eigenvalue weighted by molar-refractivity contribution is 7.17. The fourth-order valence-electron chi connectivity index (χ4n) is 4.01. The van der Waals surface area contributed by atoms with E-state index in [1.807, 2.05) is 4.90 Å². The molecule has 4 heterocycles. The molecule has 0 radical (unpaired) electrons. The standard InChI is InChI=1S/C21H25F3N6O3S/c1-13-16(34-20(26-13)29-8-10-33-11-9-29)19(32)28-27-18(31)14-4-3-7-30(12-14)17-15(21(22,23)24)5-2-6-25-17/h2,5-6,14H,3-4,7-12H2,1H3,(H,27,31)(H,28,32). The first-order valence-corrected chi connectivity index (χ1v) is 11.7. The van der Waals surface area contributed by atoms with Crippen LogP contribution in [0.4, 0.5) is 24.1 Å². The van der Waals surface area contributed by atoms with Crippen molar-refractivity contribution in [1.29, 1.82) is 0 Å². The van der Waals surface area contributed by atoms with E-state index in [0.29, 0.717) is 56.3 Å². The van der Waals surface area contributed by atoms with Gasteiger partial charge in [0.1, 0.15) is 10.7 Å². The first kappa shape index (κ1) is 24.2. The van der Waals surface area contributed by atoms with E-state index in [9.17, 15) is 22.8 Å². The van der Waals surface area contributed by atoms with Gasteiger partial charge in [-0.05, 0) is 31.9 Å². The van der Waals surface area contributed by atoms with Crippen molar-refractivity contribution in [3.05, 3.63) is 34.5 Å². The molecule has 2 aromatic heterocycles. The molecule has 2 N–H and O–H groups in total. The smallest absolute Gasteiger partial charge is 0.378 e. The van der Waals surface area contributed by atoms with Gasteiger partial charge in [0.05, 0.1) is 30.4 Å². The lowest BCUT2D eigenvalue weighted by atomic mass is 9.97. The van der Waals surface area contributed by atoms with Gasteiger partial charge in [-0.3, -0.25) is 20.4 Å². The highest BCUT2D eigenvalue weighted by Gasteiger charge is 2.37. The molecule has 0 aliphatic carbocycles. The van der Waals surface area contributed by atoms with E-state index >= 15 is 0 Å². The van der Waals surface area contributed by atoms with Crippen molar-refractivity contribution in [2.24, 2.45) is 5.92 Å². The molecule has 13 heteroatoms. The molecule has 184 valence electrons. The SMILES string of the molecule is Cc1nc(N2CCOCC2)sc1C(=O)NNC(=O)C1CCCN(c2ncccc2C(F)(F)F)C1. The lowest BCUT2D eigenvalue weighted by Crippen LogP contribution is -2.49. The van der Waals surface area contributed by atoms with Gasteiger partial charge in [-0.2, -0.15) is 13.2 Å². The second-order valence-electron chi connectivity index (χ2n) is 8.11. The molecule has 2 amide bonds. The molecule has 2 aromatic rings. The normalized spacial score (nSPS) is 19.1. The van der Waals surface area contributed by atoms with Crippen LogP contribution in [0.3, 0.4) is 0 Å². The number of ether oxygens (including phenoxy) is 1. The van der Waals surface area contributed by atoms with Gasteiger partial charge in [0, 0.05) is 32.4 Å². The third-order valence-electron chi connectivity index (χ3n) is 5.76. The zero-order valence-electron chi connectivity index (χ0n) is 18.5. The van der Waals surface area contributed by atoms with Crippen LogP contribution >= 0.6 is 11.3 Å². The first-order chi connectivity index (χ1) is 16.2. The lowest BCUT2D eigenvalue weighted by Gasteiger charge is -2.34. The summed E-state index contributed by atoms with van der Waals surface area (Å²) < 4.78 is 45.5. The summed E-state index contributed by atoms with van der Waals surface area (Å²) in [6, 6.07) is 2.22. The van der Waals surface area contributed by atoms with Crippen molar-refractivity contribution in [3.8, 4) is 0 Å². The average Bonchev–Trinajstić information content (AvgIpc) is 3.24. The number of hydrogen-bond donors (Lipinski definition) is 2. The molecule has 2 fully saturated rings. The van der Waals surface area contributed by atoms with Gasteiger partial charge >= 0.3 is 6.18 Å². The number of carbonyl (C=O) groups excluding carboxylic acids is 2. The number of aryl methyl sites for hydroxylation is 1. The second kappa shape index (κ2) is 10.1. The number of alkyl halides is 3. The second-order valence-corrected chi connectivity index (χ2v) is 9.09. The molecule has 0 spiro atoms. The molecule has 9 nitrogen and oxygen atoms in total. The Morgan fingerprint density at radius 3 is 2.68 bits per heavy atom. The molecule has 1 unspecified atom stereocenters. The summed E-state index contributed by atoms with van der Waals surface area (Å²) in [7, 11) is 0. The zero-order valence-corrected chi connectivity index (χ0v) is 19.3. The molecule has 0 saturated carbocycles. The van der Waals surface area contributed by atoms with E-state index in [0.717, 1.165) is 11.2 Å². The number of anilines is 2. The van der Waals surface area contributed by atoms with E-state index in [4.69, 9.17) is 4.74 Å². The van der Waals surface area contributed by atoms with Crippen molar-refractivity contribution in [2.45, 2.75) is 25.9 Å². The molecular formula is C21H25F3N6O3S. The first-order valence-electron chi connectivity index (χ1n) is 10.9. The number of amides is 2. The summed E-state index contributed by atoms with van der Waals surface area (Å²) in [5.41, 5.74) is 4.56. The summed E-state index contributed by atoms with van der Waals surface area (Å²) in [6.45, 7) is 4.73. The summed E-state index contributed by atoms with van der Waals surface area (Å²) >= 11 is 1.24. The van der Waals surface area contributed by atoms with E-state index in [1.165, 1.54) is 28.5 Å². The Morgan fingerprint density at radius 1 is 1.18 bits per heavy atom. The molecule has 2 aliphatic rings. The quantitative estimate of drug-likeness (QED) is 0.625. The van der Waals surface area contributed by atoms with Crippen LogP contribution in [0.15, 0.2) is 18.3 Å². The maximum Gasteiger partial charge on any atom is 0.419 e. The number of halogens is 3. The maximum absolute atomic E-state index is 13.4. The molecule has 2 saturated heterocycles. The van der Waals surface area contributed by atoms with Crippen LogP contribution in [-0.2, 0) is 15.7 Å². The molecule has 34 heavy (non-hydrogen) atoms. The Bertz CT molecular complexity index is 1040. The number of morpholine rings is 1. The Kier molecular flexibility index (Phi) is 7.22. The fourth-order valence-corrected chi connectivity index (χ4v) is 5.03. The van der Waals surface area contributed by atoms with Crippen molar-refractivity contribution in [1.82, 2.24) is 20.8 Å². The highest BCUT2D eigenvalue weighted by Crippen LogP contribution is 2.36. The number of aromatic nitrogens is 2. The summed E-state index contributed by atoms with van der Waals surface area (Å²) in [5, 5.41) is 0.719. The molecule has 0 aromatic carbocycles. The summed E-state index contributed by atoms with van der Waals surface area (Å²) in [6.07, 6.45) is -2.22. The zero-order chi connectivity index (χ0) is 24.3. The van der Waals surface area contributed by atoms with Crippen LogP contribution in [0.1, 0.15) is 33.8 Å². The number of rotatable bonds is 4. The fraction of sp³-hybridized carbons (Fsp3) is 0.524. The van der Waals surface area contributed by atoms with Crippen LogP contribution < -0.4 is 20.7 Å². The number of hydrogen-bond acceptors (Lipinski definition) is 8. The largest absolute Gasteiger partial charge is 0.419 e. The Morgan fingerprint density at radius 2 is 1.94 bits per heavy atom. The van der Waals surface area contributed by atoms with Gasteiger partial charge in [0.25, 0.3) is 5.91 Å². The van der Waals surface area contributed by atoms with E-state index in [-0.39, 0.29) is 12.4 Å². The Balaban J connectivity index is 1.36. The van der Waals surface area contributed by atoms with Crippen molar-refractivity contribution in [2.75, 3.05) is 49.2 Å². The molecular weight excluding hydrogens is 473 g/mol. The Hall–Kier alpha value is -2.93. The summed E-state index contributed by atoms with van der Waals surface area (Å²) in [4.78, 5) is 37.6. The van der Waals surface area contributed by atoms with Gasteiger partial charge in [0.15, 0.2) is 5.13 Å². The molecule has 0 bridgehead atoms. The monoisotopic (exact) mass is 498 g/mol. The van der Waals surface area contributed by atoms with E-state index in [1.54, 1.807) is 6.92 Å². The van der Waals surface area contributed by atoms with Crippen molar-refractivity contribution < 1.29 is 27.5 Å². The van der Waals surface area contributed by atoms with Crippen LogP contribution in [0, 0.1) is 12.8 Å². The van der Waals surface area contributed by atoms with Gasteiger partial charge < -0.3 is 14.5 Å². The molecule has 4 rings (SSSR count). The van der Waals surface area contributed by atoms with Crippen molar-refractivity contribution >= 4 is 34.1 Å². The number of nitrogens with one attached hydrogen (secondary N) is 2.